The molecule has 1 aliphatic rings. The number of aryl methyl sites for hydroxylation is 2. The SMILES string of the molecule is COC(=O)c1cc2cc(CCc3cc(NC(=O)c4ccc(CN5CCN(C)CC5)c(F)c4)ccc3Cl)cnc2[nH]1. The van der Waals surface area contributed by atoms with Crippen molar-refractivity contribution < 1.29 is 18.7 Å². The number of hydrogen-bond acceptors (Lipinski definition) is 6. The average Bonchev–Trinajstić information content (AvgIpc) is 3.38. The molecular weight excluding hydrogens is 533 g/mol. The number of benzene rings is 2. The summed E-state index contributed by atoms with van der Waals surface area (Å²) >= 11 is 6.45. The number of aromatic nitrogens is 2. The fourth-order valence-corrected chi connectivity index (χ4v) is 5.02. The van der Waals surface area contributed by atoms with Crippen LogP contribution in [-0.2, 0) is 24.1 Å². The minimum atomic E-state index is -0.450. The molecule has 1 fully saturated rings. The van der Waals surface area contributed by atoms with E-state index < -0.39 is 5.97 Å². The van der Waals surface area contributed by atoms with Crippen LogP contribution in [0.5, 0.6) is 0 Å². The topological polar surface area (TPSA) is 90.6 Å². The number of hydrogen-bond donors (Lipinski definition) is 2. The Balaban J connectivity index is 1.22. The molecule has 10 heteroatoms. The summed E-state index contributed by atoms with van der Waals surface area (Å²) < 4.78 is 19.6. The van der Waals surface area contributed by atoms with E-state index in [4.69, 9.17) is 16.3 Å². The van der Waals surface area contributed by atoms with Crippen LogP contribution >= 0.6 is 11.6 Å². The molecule has 1 saturated heterocycles. The first-order chi connectivity index (χ1) is 19.3. The van der Waals surface area contributed by atoms with Gasteiger partial charge in [0.2, 0.25) is 0 Å². The number of carbonyl (C=O) groups excluding carboxylic acids is 2. The molecule has 0 spiro atoms. The molecule has 0 saturated carbocycles. The van der Waals surface area contributed by atoms with Gasteiger partial charge in [-0.3, -0.25) is 9.69 Å². The normalized spacial score (nSPS) is 14.4. The molecule has 4 aromatic rings. The van der Waals surface area contributed by atoms with E-state index in [1.807, 2.05) is 12.1 Å². The molecule has 0 aliphatic carbocycles. The van der Waals surface area contributed by atoms with Crippen LogP contribution in [0.4, 0.5) is 10.1 Å². The number of rotatable bonds is 8. The van der Waals surface area contributed by atoms with Gasteiger partial charge in [0.25, 0.3) is 5.91 Å². The highest BCUT2D eigenvalue weighted by Gasteiger charge is 2.17. The van der Waals surface area contributed by atoms with Crippen LogP contribution in [0.3, 0.4) is 0 Å². The molecular formula is C30H31ClFN5O3. The van der Waals surface area contributed by atoms with E-state index in [1.54, 1.807) is 36.5 Å². The highest BCUT2D eigenvalue weighted by molar-refractivity contribution is 6.31. The number of nitrogens with zero attached hydrogens (tertiary/aromatic N) is 3. The molecule has 8 nitrogen and oxygen atoms in total. The number of piperazine rings is 1. The smallest absolute Gasteiger partial charge is 0.354 e. The maximum Gasteiger partial charge on any atom is 0.354 e. The summed E-state index contributed by atoms with van der Waals surface area (Å²) in [5, 5.41) is 4.26. The summed E-state index contributed by atoms with van der Waals surface area (Å²) in [6.07, 6.45) is 3.01. The maximum atomic E-state index is 14.9. The lowest BCUT2D eigenvalue weighted by Gasteiger charge is -2.32. The predicted molar refractivity (Wildman–Crippen MR) is 153 cm³/mol. The summed E-state index contributed by atoms with van der Waals surface area (Å²) in [6, 6.07) is 13.6. The number of nitrogens with one attached hydrogen (secondary N) is 2. The first-order valence-electron chi connectivity index (χ1n) is 13.1. The highest BCUT2D eigenvalue weighted by atomic mass is 35.5. The number of fused-ring (bicyclic) bond motifs is 1. The zero-order chi connectivity index (χ0) is 28.2. The number of amides is 1. The zero-order valence-corrected chi connectivity index (χ0v) is 23.2. The number of anilines is 1. The molecule has 1 amide bonds. The lowest BCUT2D eigenvalue weighted by molar-refractivity contribution is 0.0595. The Bertz CT molecular complexity index is 1550. The Morgan fingerprint density at radius 1 is 1.05 bits per heavy atom. The van der Waals surface area contributed by atoms with Crippen LogP contribution in [-0.4, -0.2) is 72.0 Å². The van der Waals surface area contributed by atoms with Crippen molar-refractivity contribution in [3.8, 4) is 0 Å². The Labute approximate surface area is 237 Å². The number of methoxy groups -OCH3 is 1. The van der Waals surface area contributed by atoms with Gasteiger partial charge in [-0.25, -0.2) is 14.2 Å². The predicted octanol–water partition coefficient (Wildman–Crippen LogP) is 4.93. The number of halogens is 2. The van der Waals surface area contributed by atoms with Crippen LogP contribution in [0.1, 0.15) is 37.5 Å². The fourth-order valence-electron chi connectivity index (χ4n) is 4.81. The third-order valence-electron chi connectivity index (χ3n) is 7.22. The van der Waals surface area contributed by atoms with E-state index >= 15 is 0 Å². The lowest BCUT2D eigenvalue weighted by Crippen LogP contribution is -2.44. The van der Waals surface area contributed by atoms with Gasteiger partial charge in [0.05, 0.1) is 7.11 Å². The molecule has 208 valence electrons. The standard InChI is InChI=1S/C30H31ClFN5O3/c1-36-9-11-37(12-10-36)18-22-6-5-21(15-26(22)32)29(38)34-24-7-8-25(31)20(14-24)4-3-19-13-23-16-27(30(39)40-2)35-28(23)33-17-19/h5-8,13-17H,3-4,9-12,18H2,1-2H3,(H,33,35)(H,34,38). The monoisotopic (exact) mass is 563 g/mol. The zero-order valence-electron chi connectivity index (χ0n) is 22.5. The number of pyridine rings is 1. The number of likely N-dealkylation sites (N-methyl/N-ethyl adjacent to an activating group) is 1. The Kier molecular flexibility index (Phi) is 8.44. The minimum absolute atomic E-state index is 0.258. The number of aromatic amines is 1. The lowest BCUT2D eigenvalue weighted by atomic mass is 10.0. The third kappa shape index (κ3) is 6.50. The third-order valence-corrected chi connectivity index (χ3v) is 7.59. The van der Waals surface area contributed by atoms with Gasteiger partial charge in [-0.1, -0.05) is 17.7 Å². The Hall–Kier alpha value is -3.79. The van der Waals surface area contributed by atoms with Crippen molar-refractivity contribution in [2.24, 2.45) is 0 Å². The summed E-state index contributed by atoms with van der Waals surface area (Å²) in [4.78, 5) is 36.5. The number of carbonyl (C=O) groups is 2. The second kappa shape index (κ2) is 12.2. The summed E-state index contributed by atoms with van der Waals surface area (Å²) in [6.45, 7) is 4.24. The van der Waals surface area contributed by atoms with Gasteiger partial charge in [0, 0.05) is 66.1 Å². The van der Waals surface area contributed by atoms with Gasteiger partial charge < -0.3 is 19.9 Å². The van der Waals surface area contributed by atoms with Crippen molar-refractivity contribution in [1.29, 1.82) is 0 Å². The van der Waals surface area contributed by atoms with E-state index in [1.165, 1.54) is 13.2 Å². The molecule has 2 aromatic heterocycles. The first kappa shape index (κ1) is 27.8. The van der Waals surface area contributed by atoms with Crippen molar-refractivity contribution in [2.45, 2.75) is 19.4 Å². The van der Waals surface area contributed by atoms with Crippen molar-refractivity contribution in [3.63, 3.8) is 0 Å². The van der Waals surface area contributed by atoms with E-state index in [0.29, 0.717) is 47.0 Å². The largest absolute Gasteiger partial charge is 0.464 e. The van der Waals surface area contributed by atoms with Gasteiger partial charge in [-0.15, -0.1) is 0 Å². The summed E-state index contributed by atoms with van der Waals surface area (Å²) in [5.41, 5.74) is 4.21. The average molecular weight is 564 g/mol. The molecule has 1 aliphatic heterocycles. The van der Waals surface area contributed by atoms with Crippen molar-refractivity contribution in [2.75, 3.05) is 45.7 Å². The number of H-pyrrole nitrogens is 1. The Morgan fingerprint density at radius 2 is 1.85 bits per heavy atom. The van der Waals surface area contributed by atoms with Crippen LogP contribution in [0.15, 0.2) is 54.7 Å². The van der Waals surface area contributed by atoms with Crippen molar-refractivity contribution in [3.05, 3.63) is 93.5 Å². The molecule has 2 aromatic carbocycles. The maximum absolute atomic E-state index is 14.9. The molecule has 5 rings (SSSR count). The van der Waals surface area contributed by atoms with E-state index in [9.17, 15) is 14.0 Å². The minimum Gasteiger partial charge on any atom is -0.464 e. The van der Waals surface area contributed by atoms with Crippen LogP contribution in [0, 0.1) is 5.82 Å². The number of esters is 1. The van der Waals surface area contributed by atoms with Crippen molar-refractivity contribution in [1.82, 2.24) is 19.8 Å². The molecule has 0 unspecified atom stereocenters. The van der Waals surface area contributed by atoms with Gasteiger partial charge in [0.1, 0.15) is 17.2 Å². The molecule has 2 N–H and O–H groups in total. The summed E-state index contributed by atoms with van der Waals surface area (Å²) in [5.74, 6) is -1.22. The van der Waals surface area contributed by atoms with E-state index in [0.717, 1.165) is 42.7 Å². The fraction of sp³-hybridized carbons (Fsp3) is 0.300. The van der Waals surface area contributed by atoms with E-state index in [-0.39, 0.29) is 17.3 Å². The molecule has 40 heavy (non-hydrogen) atoms. The molecule has 0 radical (unpaired) electrons. The second-order valence-electron chi connectivity index (χ2n) is 10.1. The van der Waals surface area contributed by atoms with Gasteiger partial charge in [-0.05, 0) is 73.5 Å². The van der Waals surface area contributed by atoms with Crippen LogP contribution < -0.4 is 5.32 Å². The highest BCUT2D eigenvalue weighted by Crippen LogP contribution is 2.24. The number of ether oxygens (including phenoxy) is 1. The van der Waals surface area contributed by atoms with E-state index in [2.05, 4.69) is 32.1 Å². The second-order valence-corrected chi connectivity index (χ2v) is 10.5. The van der Waals surface area contributed by atoms with Crippen LogP contribution in [0.25, 0.3) is 11.0 Å². The van der Waals surface area contributed by atoms with Gasteiger partial charge in [0.15, 0.2) is 0 Å². The van der Waals surface area contributed by atoms with Crippen molar-refractivity contribution >= 4 is 40.2 Å². The molecule has 3 heterocycles. The quantitative estimate of drug-likeness (QED) is 0.296. The van der Waals surface area contributed by atoms with Crippen LogP contribution in [0.2, 0.25) is 5.02 Å². The van der Waals surface area contributed by atoms with Gasteiger partial charge >= 0.3 is 5.97 Å². The van der Waals surface area contributed by atoms with Gasteiger partial charge in [-0.2, -0.15) is 0 Å². The summed E-state index contributed by atoms with van der Waals surface area (Å²) in [7, 11) is 3.41. The Morgan fingerprint density at radius 3 is 2.60 bits per heavy atom. The molecule has 0 bridgehead atoms. The first-order valence-corrected chi connectivity index (χ1v) is 13.5. The molecule has 0 atom stereocenters.